The monoisotopic (exact) mass is 406 g/mol. The van der Waals surface area contributed by atoms with Crippen LogP contribution in [-0.4, -0.2) is 53.2 Å². The van der Waals surface area contributed by atoms with Gasteiger partial charge in [-0.1, -0.05) is 13.8 Å². The van der Waals surface area contributed by atoms with Crippen molar-refractivity contribution in [3.63, 3.8) is 0 Å². The number of likely N-dealkylation sites (tertiary alicyclic amines) is 1. The predicted molar refractivity (Wildman–Crippen MR) is 115 cm³/mol. The lowest BCUT2D eigenvalue weighted by Gasteiger charge is -2.47. The summed E-state index contributed by atoms with van der Waals surface area (Å²) in [5.74, 6) is 3.11. The molecular formula is C24H30N4O2. The maximum atomic E-state index is 13.3. The molecule has 0 bridgehead atoms. The van der Waals surface area contributed by atoms with Gasteiger partial charge in [-0.2, -0.15) is 0 Å². The molecule has 1 unspecified atom stereocenters. The van der Waals surface area contributed by atoms with Crippen LogP contribution >= 0.6 is 0 Å². The van der Waals surface area contributed by atoms with E-state index >= 15 is 0 Å². The lowest BCUT2D eigenvalue weighted by atomic mass is 9.88. The second kappa shape index (κ2) is 6.58. The number of carbonyl (C=O) groups excluding carboxylic acids is 1. The molecule has 0 N–H and O–H groups in total. The molecule has 2 saturated heterocycles. The quantitative estimate of drug-likeness (QED) is 0.783. The van der Waals surface area contributed by atoms with Crippen molar-refractivity contribution >= 4 is 11.6 Å². The SMILES string of the molecule is CC(C)CCN1c2cccnc2-n2cccc2[C@@]12CCN(C(=O)C1[C@H]3COC[C@@H]13)C2. The largest absolute Gasteiger partial charge is 0.381 e. The van der Waals surface area contributed by atoms with E-state index in [1.807, 2.05) is 12.3 Å². The molecule has 6 rings (SSSR count). The number of hydrogen-bond acceptors (Lipinski definition) is 4. The number of hydrogen-bond donors (Lipinski definition) is 0. The first kappa shape index (κ1) is 18.4. The highest BCUT2D eigenvalue weighted by atomic mass is 16.5. The molecule has 3 aliphatic heterocycles. The van der Waals surface area contributed by atoms with Crippen LogP contribution in [0, 0.1) is 23.7 Å². The minimum Gasteiger partial charge on any atom is -0.381 e. The van der Waals surface area contributed by atoms with Crippen molar-refractivity contribution in [1.29, 1.82) is 0 Å². The summed E-state index contributed by atoms with van der Waals surface area (Å²) in [5.41, 5.74) is 2.28. The summed E-state index contributed by atoms with van der Waals surface area (Å²) in [4.78, 5) is 22.8. The minimum absolute atomic E-state index is 0.176. The van der Waals surface area contributed by atoms with E-state index in [4.69, 9.17) is 9.72 Å². The molecular weight excluding hydrogens is 376 g/mol. The van der Waals surface area contributed by atoms with Crippen LogP contribution in [0.5, 0.6) is 0 Å². The average Bonchev–Trinajstić information content (AvgIpc) is 3.23. The van der Waals surface area contributed by atoms with E-state index < -0.39 is 0 Å². The molecule has 0 radical (unpaired) electrons. The van der Waals surface area contributed by atoms with Crippen molar-refractivity contribution in [1.82, 2.24) is 14.5 Å². The fourth-order valence-electron chi connectivity index (χ4n) is 6.05. The fourth-order valence-corrected chi connectivity index (χ4v) is 6.05. The van der Waals surface area contributed by atoms with Crippen molar-refractivity contribution in [3.8, 4) is 5.82 Å². The molecule has 158 valence electrons. The zero-order valence-corrected chi connectivity index (χ0v) is 17.8. The second-order valence-electron chi connectivity index (χ2n) is 9.88. The Hall–Kier alpha value is -2.34. The van der Waals surface area contributed by atoms with Crippen molar-refractivity contribution in [2.24, 2.45) is 23.7 Å². The van der Waals surface area contributed by atoms with Crippen molar-refractivity contribution in [2.75, 3.05) is 37.7 Å². The van der Waals surface area contributed by atoms with Gasteiger partial charge in [0.1, 0.15) is 5.54 Å². The summed E-state index contributed by atoms with van der Waals surface area (Å²) in [6, 6.07) is 8.58. The maximum absolute atomic E-state index is 13.3. The summed E-state index contributed by atoms with van der Waals surface area (Å²) < 4.78 is 7.76. The number of amides is 1. The molecule has 1 amide bonds. The average molecular weight is 407 g/mol. The van der Waals surface area contributed by atoms with E-state index in [0.717, 1.165) is 51.5 Å². The van der Waals surface area contributed by atoms with E-state index in [1.165, 1.54) is 11.4 Å². The molecule has 1 aliphatic carbocycles. The predicted octanol–water partition coefficient (Wildman–Crippen LogP) is 3.06. The van der Waals surface area contributed by atoms with E-state index in [0.29, 0.717) is 23.7 Å². The molecule has 3 fully saturated rings. The third kappa shape index (κ3) is 2.52. The first-order valence-electron chi connectivity index (χ1n) is 11.4. The van der Waals surface area contributed by atoms with Gasteiger partial charge in [-0.25, -0.2) is 4.98 Å². The molecule has 6 heteroatoms. The van der Waals surface area contributed by atoms with Gasteiger partial charge in [0.05, 0.1) is 24.6 Å². The van der Waals surface area contributed by atoms with Gasteiger partial charge in [-0.3, -0.25) is 4.79 Å². The van der Waals surface area contributed by atoms with Crippen molar-refractivity contribution in [2.45, 2.75) is 32.2 Å². The zero-order valence-electron chi connectivity index (χ0n) is 17.8. The van der Waals surface area contributed by atoms with Crippen LogP contribution in [-0.2, 0) is 15.1 Å². The van der Waals surface area contributed by atoms with E-state index in [9.17, 15) is 4.79 Å². The summed E-state index contributed by atoms with van der Waals surface area (Å²) >= 11 is 0. The van der Waals surface area contributed by atoms with Gasteiger partial charge < -0.3 is 19.1 Å². The topological polar surface area (TPSA) is 50.6 Å². The summed E-state index contributed by atoms with van der Waals surface area (Å²) in [6.07, 6.45) is 6.08. The highest BCUT2D eigenvalue weighted by Gasteiger charge is 2.60. The number of nitrogens with zero attached hydrogens (tertiary/aromatic N) is 4. The van der Waals surface area contributed by atoms with E-state index in [-0.39, 0.29) is 11.5 Å². The van der Waals surface area contributed by atoms with Crippen LogP contribution in [0.2, 0.25) is 0 Å². The standard InChI is InChI=1S/C24H30N4O2/c1-16(2)7-11-28-19-5-3-9-25-22(19)27-10-4-6-20(27)24(28)8-12-26(15-24)23(29)21-17-13-30-14-18(17)21/h3-6,9-10,16-18,21H,7-8,11-15H2,1-2H3/t17-,18+,21?,24-/m0/s1. The Morgan fingerprint density at radius 2 is 2.10 bits per heavy atom. The smallest absolute Gasteiger partial charge is 0.226 e. The highest BCUT2D eigenvalue weighted by Crippen LogP contribution is 2.53. The third-order valence-corrected chi connectivity index (χ3v) is 7.75. The Kier molecular flexibility index (Phi) is 4.04. The van der Waals surface area contributed by atoms with E-state index in [2.05, 4.69) is 52.6 Å². The number of aromatic nitrogens is 2. The number of rotatable bonds is 4. The van der Waals surface area contributed by atoms with Crippen LogP contribution in [0.4, 0.5) is 5.69 Å². The molecule has 2 aromatic heterocycles. The maximum Gasteiger partial charge on any atom is 0.226 e. The summed E-state index contributed by atoms with van der Waals surface area (Å²) in [5, 5.41) is 0. The van der Waals surface area contributed by atoms with Gasteiger partial charge in [0.25, 0.3) is 0 Å². The molecule has 6 nitrogen and oxygen atoms in total. The highest BCUT2D eigenvalue weighted by molar-refractivity contribution is 5.83. The molecule has 1 saturated carbocycles. The van der Waals surface area contributed by atoms with Crippen molar-refractivity contribution in [3.05, 3.63) is 42.4 Å². The Morgan fingerprint density at radius 1 is 1.27 bits per heavy atom. The number of carbonyl (C=O) groups is 1. The Balaban J connectivity index is 1.37. The number of ether oxygens (including phenoxy) is 1. The number of pyridine rings is 1. The zero-order chi connectivity index (χ0) is 20.5. The molecule has 4 aliphatic rings. The van der Waals surface area contributed by atoms with Gasteiger partial charge >= 0.3 is 0 Å². The minimum atomic E-state index is -0.176. The Bertz CT molecular complexity index is 975. The summed E-state index contributed by atoms with van der Waals surface area (Å²) in [7, 11) is 0. The fraction of sp³-hybridized carbons (Fsp3) is 0.583. The normalized spacial score (nSPS) is 31.2. The molecule has 2 aromatic rings. The number of fused-ring (bicyclic) bond motifs is 5. The van der Waals surface area contributed by atoms with Crippen LogP contribution in [0.25, 0.3) is 5.82 Å². The molecule has 4 atom stereocenters. The van der Waals surface area contributed by atoms with Gasteiger partial charge in [0.15, 0.2) is 5.82 Å². The Labute approximate surface area is 177 Å². The van der Waals surface area contributed by atoms with E-state index in [1.54, 1.807) is 0 Å². The van der Waals surface area contributed by atoms with Gasteiger partial charge in [0.2, 0.25) is 5.91 Å². The lowest BCUT2D eigenvalue weighted by molar-refractivity contribution is -0.133. The van der Waals surface area contributed by atoms with Crippen LogP contribution in [0.15, 0.2) is 36.7 Å². The molecule has 5 heterocycles. The number of anilines is 1. The van der Waals surface area contributed by atoms with Gasteiger partial charge in [-0.05, 0) is 54.9 Å². The molecule has 0 aromatic carbocycles. The lowest BCUT2D eigenvalue weighted by Crippen LogP contribution is -2.53. The van der Waals surface area contributed by atoms with Crippen LogP contribution < -0.4 is 4.90 Å². The Morgan fingerprint density at radius 3 is 2.90 bits per heavy atom. The molecule has 1 spiro atoms. The van der Waals surface area contributed by atoms with Gasteiger partial charge in [-0.15, -0.1) is 0 Å². The first-order valence-corrected chi connectivity index (χ1v) is 11.4. The molecule has 30 heavy (non-hydrogen) atoms. The first-order chi connectivity index (χ1) is 14.6. The second-order valence-corrected chi connectivity index (χ2v) is 9.88. The van der Waals surface area contributed by atoms with Crippen LogP contribution in [0.3, 0.4) is 0 Å². The van der Waals surface area contributed by atoms with Gasteiger partial charge in [0, 0.05) is 37.9 Å². The summed E-state index contributed by atoms with van der Waals surface area (Å²) in [6.45, 7) is 8.66. The van der Waals surface area contributed by atoms with Crippen LogP contribution in [0.1, 0.15) is 32.4 Å². The van der Waals surface area contributed by atoms with Crippen molar-refractivity contribution < 1.29 is 9.53 Å². The third-order valence-electron chi connectivity index (χ3n) is 7.75.